The molecule has 0 saturated heterocycles. The molecular weight excluding hydrogens is 1870 g/mol. The van der Waals surface area contributed by atoms with Gasteiger partial charge in [-0.05, 0) is 216 Å². The van der Waals surface area contributed by atoms with E-state index in [-0.39, 0.29) is 44.6 Å². The minimum atomic E-state index is -2.77. The van der Waals surface area contributed by atoms with Crippen LogP contribution in [0.1, 0.15) is 55.7 Å². The Morgan fingerprint density at radius 3 is 0.753 bits per heavy atom. The molecule has 720 valence electrons. The Hall–Kier alpha value is -19.4. The van der Waals surface area contributed by atoms with Gasteiger partial charge in [-0.3, -0.25) is 0 Å². The summed E-state index contributed by atoms with van der Waals surface area (Å²) in [6.45, 7) is 30.1. The first kappa shape index (κ1) is 103. The first-order valence-electron chi connectivity index (χ1n) is 47.8. The molecule has 0 amide bonds. The van der Waals surface area contributed by atoms with Crippen LogP contribution in [0.3, 0.4) is 0 Å². The minimum absolute atomic E-state index is 0. The summed E-state index contributed by atoms with van der Waals surface area (Å²) in [7, 11) is -8.21. The number of hydrogen-bond donors (Lipinski definition) is 0. The molecule has 12 heteroatoms. The number of nitriles is 2. The molecule has 9 nitrogen and oxygen atoms in total. The molecule has 24 rings (SSSR count). The number of rotatable bonds is 18. The fourth-order valence-electron chi connectivity index (χ4n) is 21.6. The molecule has 0 unspecified atom stereocenters. The monoisotopic (exact) mass is 1980 g/mol. The van der Waals surface area contributed by atoms with Gasteiger partial charge in [-0.15, -0.1) is 0 Å². The third-order valence-corrected chi connectivity index (χ3v) is 42.5. The molecule has 0 radical (unpaired) electrons. The molecule has 0 bridgehead atoms. The summed E-state index contributed by atoms with van der Waals surface area (Å²) in [6, 6.07) is 191. The van der Waals surface area contributed by atoms with Crippen molar-refractivity contribution in [2.75, 3.05) is 0 Å². The second-order valence-corrected chi connectivity index (χ2v) is 47.3. The zero-order chi connectivity index (χ0) is 97.5. The molecule has 0 fully saturated rings. The number of hydrogen-bond acceptors (Lipinski definition) is 2. The molecule has 0 aliphatic carbocycles. The fourth-order valence-corrected chi connectivity index (χ4v) is 35.9. The minimum Gasteiger partial charge on any atom is -0.309 e. The van der Waals surface area contributed by atoms with Gasteiger partial charge in [0.15, 0.2) is 47.0 Å². The van der Waals surface area contributed by atoms with Crippen LogP contribution in [-0.4, -0.2) is 37.9 Å². The number of aromatic nitrogens is 3. The molecule has 0 saturated carbocycles. The van der Waals surface area contributed by atoms with E-state index in [2.05, 4.69) is 488 Å². The SMILES string of the molecule is C.C.C.C.C.C.N#Cc1cccc([Si](c2ccccc2)(c2ccccc2)c2ccc(-c3cccc(-n4c5ccccc5c5cc(C#N)ccc54)c3)cc2)c1.[C-]#[N+]c1ccc([Si](c2ccccc2)(c2ccccc2)c2ccc(-c3ccc(-n4c5ccccc5c5cc([N+]#[C-])ccc54)cc3)cc2)cc1.[C-]#[N+]c1ccc([Si](c2ccccc2)(c2ccccc2)c2cccc(-c3ccc(-n4c5ccccc5c5cc([N+]#[C-])ccc54)cc3)c2)cc1. The maximum absolute atomic E-state index is 9.88. The van der Waals surface area contributed by atoms with Gasteiger partial charge < -0.3 is 13.7 Å². The standard InChI is InChI=1S/3C44H29N3Si.6CH4/c1-45-34-22-27-39(28-23-34)48(37-13-5-3-6-14-37,38-15-7-4-8-16-38)40-17-11-12-33(30-40)32-20-25-36(26-21-32)47-43-19-10-9-18-41(43)42-31-35(46-2)24-29-44(42)47;1-45-34-21-28-40(29-22-34)48(37-11-5-3-6-12-37,38-13-7-4-8-14-38)39-26-19-33(20-27-39)32-17-24-36(25-18-32)47-43-16-10-9-15-41(43)42-31-35(46-2)23-30-44(42)47;45-30-32-11-9-18-40(27-32)48(37-14-3-1-4-15-37,38-16-5-2-6-17-38)39-24-22-34(23-25-39)35-12-10-13-36(29-35)47-43-20-8-7-19-41(43)42-28-33(31-46)21-26-44(42)47;;;;;;/h2*3-31H;1-29H;6*1H4. The normalized spacial score (nSPS) is 10.8. The average molecular weight is 1980 g/mol. The molecule has 21 aromatic carbocycles. The molecule has 0 N–H and O–H groups in total. The average Bonchev–Trinajstić information content (AvgIpc) is 1.48. The topological polar surface area (TPSA) is 79.8 Å². The summed E-state index contributed by atoms with van der Waals surface area (Å²) in [5, 5.41) is 41.4. The van der Waals surface area contributed by atoms with Gasteiger partial charge in [0.2, 0.25) is 0 Å². The van der Waals surface area contributed by atoms with E-state index >= 15 is 0 Å². The smallest absolute Gasteiger partial charge is 0.188 e. The van der Waals surface area contributed by atoms with Crippen molar-refractivity contribution in [3.8, 4) is 62.6 Å². The second-order valence-electron chi connectivity index (χ2n) is 35.9. The van der Waals surface area contributed by atoms with Gasteiger partial charge in [0.05, 0.1) is 82.7 Å². The molecule has 0 atom stereocenters. The maximum atomic E-state index is 9.88. The second kappa shape index (κ2) is 45.3. The van der Waals surface area contributed by atoms with Crippen molar-refractivity contribution in [3.05, 3.63) is 585 Å². The molecule has 3 aromatic heterocycles. The first-order chi connectivity index (χ1) is 71.1. The van der Waals surface area contributed by atoms with Gasteiger partial charge in [-0.2, -0.15) is 10.5 Å². The van der Waals surface area contributed by atoms with Crippen LogP contribution in [-0.2, 0) is 0 Å². The summed E-state index contributed by atoms with van der Waals surface area (Å²) in [5.74, 6) is 0. The highest BCUT2D eigenvalue weighted by Crippen LogP contribution is 2.40. The van der Waals surface area contributed by atoms with Gasteiger partial charge in [0, 0.05) is 38.6 Å². The van der Waals surface area contributed by atoms with Crippen molar-refractivity contribution >= 4 is 175 Å². The van der Waals surface area contributed by atoms with Crippen LogP contribution in [0.5, 0.6) is 0 Å². The van der Waals surface area contributed by atoms with E-state index in [9.17, 15) is 10.5 Å². The first-order valence-corrected chi connectivity index (χ1v) is 53.8. The Morgan fingerprint density at radius 1 is 0.167 bits per heavy atom. The summed E-state index contributed by atoms with van der Waals surface area (Å²) in [4.78, 5) is 14.7. The molecule has 0 spiro atoms. The van der Waals surface area contributed by atoms with Crippen LogP contribution in [0.15, 0.2) is 528 Å². The Bertz CT molecular complexity index is 9100. The van der Waals surface area contributed by atoms with E-state index in [1.165, 1.54) is 62.2 Å². The summed E-state index contributed by atoms with van der Waals surface area (Å²) >= 11 is 0. The van der Waals surface area contributed by atoms with Crippen molar-refractivity contribution < 1.29 is 0 Å². The van der Waals surface area contributed by atoms with Crippen molar-refractivity contribution in [2.45, 2.75) is 44.6 Å². The number of para-hydroxylation sites is 3. The van der Waals surface area contributed by atoms with Gasteiger partial charge >= 0.3 is 0 Å². The number of nitrogens with zero attached hydrogens (tertiary/aromatic N) is 9. The van der Waals surface area contributed by atoms with Crippen molar-refractivity contribution in [1.82, 2.24) is 13.7 Å². The highest BCUT2D eigenvalue weighted by Gasteiger charge is 2.45. The van der Waals surface area contributed by atoms with Crippen molar-refractivity contribution in [1.29, 1.82) is 10.5 Å². The molecule has 3 heterocycles. The lowest BCUT2D eigenvalue weighted by Crippen LogP contribution is -2.74. The Balaban J connectivity index is 0.000000157. The van der Waals surface area contributed by atoms with E-state index < -0.39 is 24.2 Å². The van der Waals surface area contributed by atoms with E-state index in [0.29, 0.717) is 33.9 Å². The van der Waals surface area contributed by atoms with Gasteiger partial charge in [0.25, 0.3) is 0 Å². The highest BCUT2D eigenvalue weighted by molar-refractivity contribution is 7.21. The lowest BCUT2D eigenvalue weighted by atomic mass is 10.1. The molecular formula is C138H111N9Si3. The summed E-state index contributed by atoms with van der Waals surface area (Å²) in [5.41, 5.74) is 20.6. The largest absolute Gasteiger partial charge is 0.309 e. The summed E-state index contributed by atoms with van der Waals surface area (Å²) < 4.78 is 6.85. The molecule has 150 heavy (non-hydrogen) atoms. The van der Waals surface area contributed by atoms with Crippen LogP contribution in [0.4, 0.5) is 22.7 Å². The predicted octanol–water partition coefficient (Wildman–Crippen LogP) is 29.2. The van der Waals surface area contributed by atoms with E-state index in [1.807, 2.05) is 84.9 Å². The zero-order valence-electron chi connectivity index (χ0n) is 78.3. The van der Waals surface area contributed by atoms with Crippen LogP contribution >= 0.6 is 0 Å². The van der Waals surface area contributed by atoms with E-state index in [0.717, 1.165) is 116 Å². The van der Waals surface area contributed by atoms with Crippen LogP contribution in [0.2, 0.25) is 0 Å². The zero-order valence-corrected chi connectivity index (χ0v) is 81.3. The van der Waals surface area contributed by atoms with Crippen LogP contribution in [0, 0.1) is 49.0 Å². The van der Waals surface area contributed by atoms with Gasteiger partial charge in [-0.25, -0.2) is 19.4 Å². The lowest BCUT2D eigenvalue weighted by molar-refractivity contribution is 1.18. The fraction of sp³-hybridized carbons (Fsp3) is 0.0435. The lowest BCUT2D eigenvalue weighted by Gasteiger charge is -2.34. The van der Waals surface area contributed by atoms with Gasteiger partial charge in [0.1, 0.15) is 0 Å². The van der Waals surface area contributed by atoms with E-state index in [1.54, 1.807) is 0 Å². The third-order valence-electron chi connectivity index (χ3n) is 28.2. The quantitative estimate of drug-likeness (QED) is 0.0487. The molecule has 24 aromatic rings. The third kappa shape index (κ3) is 18.7. The maximum Gasteiger partial charge on any atom is 0.188 e. The van der Waals surface area contributed by atoms with Crippen molar-refractivity contribution in [2.24, 2.45) is 0 Å². The van der Waals surface area contributed by atoms with Gasteiger partial charge in [-0.1, -0.05) is 463 Å². The Labute approximate surface area is 884 Å². The Kier molecular flexibility index (Phi) is 31.2. The molecule has 0 aliphatic heterocycles. The number of fused-ring (bicyclic) bond motifs is 9. The summed E-state index contributed by atoms with van der Waals surface area (Å²) in [6.07, 6.45) is 0. The van der Waals surface area contributed by atoms with Crippen molar-refractivity contribution in [3.63, 3.8) is 0 Å². The number of benzene rings is 21. The predicted molar refractivity (Wildman–Crippen MR) is 644 cm³/mol. The van der Waals surface area contributed by atoms with Crippen LogP contribution in [0.25, 0.3) is 135 Å². The molecule has 0 aliphatic rings. The highest BCUT2D eigenvalue weighted by atomic mass is 28.3. The van der Waals surface area contributed by atoms with E-state index in [4.69, 9.17) is 26.3 Å². The Morgan fingerprint density at radius 2 is 0.407 bits per heavy atom. The van der Waals surface area contributed by atoms with Crippen LogP contribution < -0.4 is 62.2 Å².